The highest BCUT2D eigenvalue weighted by molar-refractivity contribution is 14.0. The molecule has 0 bridgehead atoms. The van der Waals surface area contributed by atoms with E-state index in [0.717, 1.165) is 22.3 Å². The van der Waals surface area contributed by atoms with E-state index in [1.54, 1.807) is 38.0 Å². The molecule has 0 aliphatic heterocycles. The summed E-state index contributed by atoms with van der Waals surface area (Å²) < 4.78 is 0. The van der Waals surface area contributed by atoms with E-state index in [0.29, 0.717) is 0 Å². The number of hydrogen-bond donors (Lipinski definition) is 4. The summed E-state index contributed by atoms with van der Waals surface area (Å²) >= 11 is 0. The molecule has 3 rings (SSSR count). The maximum absolute atomic E-state index is 7.88. The van der Waals surface area contributed by atoms with E-state index in [1.165, 1.54) is 0 Å². The molecular formula is C22H30I2N8. The zero-order valence-corrected chi connectivity index (χ0v) is 23.2. The van der Waals surface area contributed by atoms with Gasteiger partial charge in [-0.15, -0.1) is 48.0 Å². The maximum Gasteiger partial charge on any atom is 0.211 e. The minimum absolute atomic E-state index is 0. The number of hydrogen-bond acceptors (Lipinski definition) is 4. The molecule has 0 radical (unpaired) electrons. The SMILES string of the molecule is CN(C)C(=N)NN=CC1c2ccccc2C(C=NNC(=N)N(C)C)c2ccccc21.I.I. The first kappa shape index (κ1) is 27.8. The Morgan fingerprint density at radius 3 is 1.22 bits per heavy atom. The van der Waals surface area contributed by atoms with Gasteiger partial charge in [0.15, 0.2) is 0 Å². The Hall–Kier alpha value is -2.22. The molecule has 0 heterocycles. The van der Waals surface area contributed by atoms with Crippen molar-refractivity contribution < 1.29 is 0 Å². The standard InChI is InChI=1S/C22H28N8.2HI/c1-29(2)21(23)27-25-13-19-15-9-5-7-11-17(15)20(14-26-28-22(24)30(3)4)18-12-8-6-10-16(18)19;;/h5-14,19-20H,1-4H3,(H2,23,27)(H2,24,28);2*1H. The maximum atomic E-state index is 7.88. The number of guanidine groups is 2. The van der Waals surface area contributed by atoms with Crippen molar-refractivity contribution in [2.24, 2.45) is 10.2 Å². The summed E-state index contributed by atoms with van der Waals surface area (Å²) in [6, 6.07) is 16.5. The van der Waals surface area contributed by atoms with Gasteiger partial charge in [-0.25, -0.2) is 10.9 Å². The number of fused-ring (bicyclic) bond motifs is 2. The lowest BCUT2D eigenvalue weighted by Crippen LogP contribution is -2.32. The topological polar surface area (TPSA) is 103 Å². The van der Waals surface area contributed by atoms with Gasteiger partial charge in [0.25, 0.3) is 0 Å². The van der Waals surface area contributed by atoms with Crippen molar-refractivity contribution in [3.8, 4) is 0 Å². The molecule has 32 heavy (non-hydrogen) atoms. The van der Waals surface area contributed by atoms with Gasteiger partial charge in [0.1, 0.15) is 0 Å². The van der Waals surface area contributed by atoms with Crippen molar-refractivity contribution in [1.82, 2.24) is 20.7 Å². The number of rotatable bonds is 4. The number of benzene rings is 2. The highest BCUT2D eigenvalue weighted by Crippen LogP contribution is 2.41. The molecule has 8 nitrogen and oxygen atoms in total. The van der Waals surface area contributed by atoms with E-state index in [4.69, 9.17) is 10.8 Å². The highest BCUT2D eigenvalue weighted by atomic mass is 127. The van der Waals surface area contributed by atoms with Crippen molar-refractivity contribution in [3.05, 3.63) is 70.8 Å². The van der Waals surface area contributed by atoms with Crippen LogP contribution < -0.4 is 10.9 Å². The molecular weight excluding hydrogens is 630 g/mol. The van der Waals surface area contributed by atoms with E-state index in [-0.39, 0.29) is 71.7 Å². The van der Waals surface area contributed by atoms with Gasteiger partial charge in [-0.3, -0.25) is 10.8 Å². The van der Waals surface area contributed by atoms with Gasteiger partial charge in [-0.1, -0.05) is 48.5 Å². The second-order valence-corrected chi connectivity index (χ2v) is 7.48. The molecule has 0 saturated heterocycles. The summed E-state index contributed by atoms with van der Waals surface area (Å²) in [5.41, 5.74) is 10.1. The minimum atomic E-state index is -0.0301. The molecule has 0 spiro atoms. The first-order valence-corrected chi connectivity index (χ1v) is 9.68. The van der Waals surface area contributed by atoms with Crippen molar-refractivity contribution in [2.45, 2.75) is 11.8 Å². The Morgan fingerprint density at radius 1 is 0.688 bits per heavy atom. The van der Waals surface area contributed by atoms with Crippen molar-refractivity contribution in [1.29, 1.82) is 10.8 Å². The molecule has 172 valence electrons. The monoisotopic (exact) mass is 660 g/mol. The Balaban J connectivity index is 0.00000256. The van der Waals surface area contributed by atoms with Crippen LogP contribution in [0.1, 0.15) is 34.1 Å². The largest absolute Gasteiger partial charge is 0.348 e. The average molecular weight is 660 g/mol. The first-order valence-electron chi connectivity index (χ1n) is 9.68. The van der Waals surface area contributed by atoms with Gasteiger partial charge in [-0.05, 0) is 22.3 Å². The molecule has 0 saturated carbocycles. The van der Waals surface area contributed by atoms with Crippen molar-refractivity contribution >= 4 is 72.3 Å². The van der Waals surface area contributed by atoms with Crippen molar-refractivity contribution in [2.75, 3.05) is 28.2 Å². The van der Waals surface area contributed by atoms with Gasteiger partial charge >= 0.3 is 0 Å². The van der Waals surface area contributed by atoms with Crippen LogP contribution in [0.2, 0.25) is 0 Å². The van der Waals surface area contributed by atoms with Crippen LogP contribution in [0, 0.1) is 10.8 Å². The van der Waals surface area contributed by atoms with Crippen LogP contribution in [-0.2, 0) is 0 Å². The van der Waals surface area contributed by atoms with Crippen LogP contribution in [-0.4, -0.2) is 62.3 Å². The average Bonchev–Trinajstić information content (AvgIpc) is 2.74. The van der Waals surface area contributed by atoms with Gasteiger partial charge in [0.2, 0.25) is 11.9 Å². The van der Waals surface area contributed by atoms with Crippen LogP contribution >= 0.6 is 48.0 Å². The third-order valence-electron chi connectivity index (χ3n) is 5.01. The van der Waals surface area contributed by atoms with Crippen LogP contribution in [0.15, 0.2) is 58.7 Å². The van der Waals surface area contributed by atoms with Gasteiger partial charge in [0, 0.05) is 52.5 Å². The Bertz CT molecular complexity index is 862. The van der Waals surface area contributed by atoms with Crippen LogP contribution in [0.4, 0.5) is 0 Å². The number of hydrazone groups is 2. The Kier molecular flexibility index (Phi) is 11.1. The fraction of sp³-hybridized carbons (Fsp3) is 0.273. The number of nitrogens with zero attached hydrogens (tertiary/aromatic N) is 4. The summed E-state index contributed by atoms with van der Waals surface area (Å²) in [6.07, 6.45) is 3.70. The second-order valence-electron chi connectivity index (χ2n) is 7.48. The number of halogens is 2. The van der Waals surface area contributed by atoms with Crippen LogP contribution in [0.25, 0.3) is 0 Å². The summed E-state index contributed by atoms with van der Waals surface area (Å²) in [5, 5.41) is 24.4. The van der Waals surface area contributed by atoms with E-state index in [9.17, 15) is 0 Å². The third kappa shape index (κ3) is 6.40. The molecule has 4 N–H and O–H groups in total. The fourth-order valence-electron chi connectivity index (χ4n) is 3.36. The minimum Gasteiger partial charge on any atom is -0.348 e. The highest BCUT2D eigenvalue weighted by Gasteiger charge is 2.30. The molecule has 0 amide bonds. The van der Waals surface area contributed by atoms with Crippen molar-refractivity contribution in [3.63, 3.8) is 0 Å². The van der Waals surface area contributed by atoms with E-state index in [1.807, 2.05) is 36.7 Å². The molecule has 2 aromatic carbocycles. The zero-order valence-electron chi connectivity index (χ0n) is 18.5. The normalized spacial score (nSPS) is 16.2. The third-order valence-corrected chi connectivity index (χ3v) is 5.01. The molecule has 0 aromatic heterocycles. The zero-order chi connectivity index (χ0) is 21.7. The molecule has 0 fully saturated rings. The number of nitrogens with one attached hydrogen (secondary N) is 4. The lowest BCUT2D eigenvalue weighted by molar-refractivity contribution is 0.584. The molecule has 10 heteroatoms. The predicted octanol–water partition coefficient (Wildman–Crippen LogP) is 3.64. The van der Waals surface area contributed by atoms with Crippen LogP contribution in [0.5, 0.6) is 0 Å². The van der Waals surface area contributed by atoms with Gasteiger partial charge < -0.3 is 9.80 Å². The fourth-order valence-corrected chi connectivity index (χ4v) is 3.36. The predicted molar refractivity (Wildman–Crippen MR) is 153 cm³/mol. The summed E-state index contributed by atoms with van der Waals surface area (Å²) in [6.45, 7) is 0. The molecule has 0 unspecified atom stereocenters. The Morgan fingerprint density at radius 2 is 0.969 bits per heavy atom. The lowest BCUT2D eigenvalue weighted by Gasteiger charge is -2.30. The van der Waals surface area contributed by atoms with Crippen LogP contribution in [0.3, 0.4) is 0 Å². The van der Waals surface area contributed by atoms with E-state index < -0.39 is 0 Å². The Labute approximate surface area is 223 Å². The summed E-state index contributed by atoms with van der Waals surface area (Å²) in [4.78, 5) is 3.32. The second kappa shape index (κ2) is 12.7. The molecule has 2 aromatic rings. The molecule has 0 atom stereocenters. The van der Waals surface area contributed by atoms with E-state index >= 15 is 0 Å². The van der Waals surface area contributed by atoms with Gasteiger partial charge in [-0.2, -0.15) is 10.2 Å². The van der Waals surface area contributed by atoms with Gasteiger partial charge in [0.05, 0.1) is 0 Å². The molecule has 1 aliphatic rings. The summed E-state index contributed by atoms with van der Waals surface area (Å²) in [7, 11) is 7.18. The quantitative estimate of drug-likeness (QED) is 0.174. The van der Waals surface area contributed by atoms with E-state index in [2.05, 4.69) is 45.3 Å². The smallest absolute Gasteiger partial charge is 0.211 e. The summed E-state index contributed by atoms with van der Waals surface area (Å²) in [5.74, 6) is 0.390. The lowest BCUT2D eigenvalue weighted by atomic mass is 9.73. The molecule has 1 aliphatic carbocycles. The first-order chi connectivity index (χ1) is 14.4.